The van der Waals surface area contributed by atoms with Gasteiger partial charge in [-0.1, -0.05) is 13.8 Å². The first-order chi connectivity index (χ1) is 4.70. The lowest BCUT2D eigenvalue weighted by atomic mass is 10.2. The Morgan fingerprint density at radius 2 is 1.90 bits per heavy atom. The van der Waals surface area contributed by atoms with Crippen LogP contribution in [-0.2, 0) is 0 Å². The van der Waals surface area contributed by atoms with Crippen molar-refractivity contribution in [2.24, 2.45) is 4.99 Å². The van der Waals surface area contributed by atoms with E-state index in [1.165, 1.54) is 5.71 Å². The Morgan fingerprint density at radius 1 is 1.40 bits per heavy atom. The molecule has 60 valence electrons. The zero-order valence-corrected chi connectivity index (χ0v) is 7.09. The third kappa shape index (κ3) is 4.50. The van der Waals surface area contributed by atoms with Gasteiger partial charge in [-0.15, -0.1) is 0 Å². The second kappa shape index (κ2) is 5.42. The van der Waals surface area contributed by atoms with E-state index in [-0.39, 0.29) is 6.10 Å². The molecule has 0 aliphatic carbocycles. The van der Waals surface area contributed by atoms with Crippen LogP contribution in [0.25, 0.3) is 0 Å². The summed E-state index contributed by atoms with van der Waals surface area (Å²) in [5, 5.41) is 8.89. The lowest BCUT2D eigenvalue weighted by Crippen LogP contribution is -2.06. The molecule has 2 nitrogen and oxygen atoms in total. The van der Waals surface area contributed by atoms with E-state index in [0.29, 0.717) is 6.54 Å². The predicted molar refractivity (Wildman–Crippen MR) is 44.6 cm³/mol. The molecule has 0 heterocycles. The van der Waals surface area contributed by atoms with Crippen LogP contribution in [0.3, 0.4) is 0 Å². The van der Waals surface area contributed by atoms with Crippen LogP contribution >= 0.6 is 0 Å². The van der Waals surface area contributed by atoms with Gasteiger partial charge in [0.2, 0.25) is 0 Å². The van der Waals surface area contributed by atoms with Crippen LogP contribution in [0, 0.1) is 0 Å². The third-order valence-electron chi connectivity index (χ3n) is 1.40. The summed E-state index contributed by atoms with van der Waals surface area (Å²) in [7, 11) is 0. The van der Waals surface area contributed by atoms with Crippen LogP contribution in [0.1, 0.15) is 33.6 Å². The molecular weight excluding hydrogens is 126 g/mol. The largest absolute Gasteiger partial charge is 0.391 e. The van der Waals surface area contributed by atoms with Gasteiger partial charge < -0.3 is 5.11 Å². The fraction of sp³-hybridized carbons (Fsp3) is 0.875. The normalized spacial score (nSPS) is 12.8. The van der Waals surface area contributed by atoms with E-state index in [9.17, 15) is 0 Å². The molecule has 0 spiro atoms. The molecule has 0 aromatic rings. The zero-order chi connectivity index (χ0) is 7.98. The molecule has 0 bridgehead atoms. The van der Waals surface area contributed by atoms with E-state index in [0.717, 1.165) is 12.8 Å². The Hall–Kier alpha value is -0.370. The number of hydrogen-bond acceptors (Lipinski definition) is 2. The predicted octanol–water partition coefficient (Wildman–Crippen LogP) is 1.63. The topological polar surface area (TPSA) is 32.6 Å². The number of nitrogens with zero attached hydrogens (tertiary/aromatic N) is 1. The molecule has 0 amide bonds. The first-order valence-corrected chi connectivity index (χ1v) is 3.90. The van der Waals surface area contributed by atoms with Crippen LogP contribution in [0.2, 0.25) is 0 Å². The summed E-state index contributed by atoms with van der Waals surface area (Å²) in [4.78, 5) is 4.23. The van der Waals surface area contributed by atoms with Crippen LogP contribution in [0.5, 0.6) is 0 Å². The molecule has 1 atom stereocenters. The maximum Gasteiger partial charge on any atom is 0.0707 e. The van der Waals surface area contributed by atoms with E-state index < -0.39 is 0 Å². The average Bonchev–Trinajstić information content (AvgIpc) is 1.90. The SMILES string of the molecule is CCC(CC)=NCC(C)O. The number of aliphatic hydroxyl groups excluding tert-OH is 1. The molecule has 0 fully saturated rings. The average molecular weight is 143 g/mol. The van der Waals surface area contributed by atoms with E-state index in [4.69, 9.17) is 5.11 Å². The van der Waals surface area contributed by atoms with Crippen molar-refractivity contribution >= 4 is 5.71 Å². The summed E-state index contributed by atoms with van der Waals surface area (Å²) in [5.74, 6) is 0. The van der Waals surface area contributed by atoms with Crippen molar-refractivity contribution in [1.29, 1.82) is 0 Å². The molecule has 0 aliphatic rings. The zero-order valence-electron chi connectivity index (χ0n) is 7.09. The maximum atomic E-state index is 8.89. The highest BCUT2D eigenvalue weighted by atomic mass is 16.3. The van der Waals surface area contributed by atoms with Crippen molar-refractivity contribution < 1.29 is 5.11 Å². The Morgan fingerprint density at radius 3 is 2.20 bits per heavy atom. The number of aliphatic hydroxyl groups is 1. The molecule has 1 unspecified atom stereocenters. The lowest BCUT2D eigenvalue weighted by molar-refractivity contribution is 0.204. The third-order valence-corrected chi connectivity index (χ3v) is 1.40. The molecule has 0 rings (SSSR count). The summed E-state index contributed by atoms with van der Waals surface area (Å²) in [6, 6.07) is 0. The fourth-order valence-electron chi connectivity index (χ4n) is 0.735. The van der Waals surface area contributed by atoms with Gasteiger partial charge in [0, 0.05) is 5.71 Å². The fourth-order valence-corrected chi connectivity index (χ4v) is 0.735. The van der Waals surface area contributed by atoms with Crippen LogP contribution in [-0.4, -0.2) is 23.5 Å². The molecule has 0 aromatic heterocycles. The van der Waals surface area contributed by atoms with E-state index in [2.05, 4.69) is 18.8 Å². The molecule has 0 radical (unpaired) electrons. The molecule has 0 aromatic carbocycles. The minimum absolute atomic E-state index is 0.298. The van der Waals surface area contributed by atoms with Gasteiger partial charge >= 0.3 is 0 Å². The number of rotatable bonds is 4. The minimum Gasteiger partial charge on any atom is -0.391 e. The van der Waals surface area contributed by atoms with Gasteiger partial charge in [-0.3, -0.25) is 4.99 Å². The quantitative estimate of drug-likeness (QED) is 0.596. The Bertz CT molecular complexity index is 102. The molecule has 0 saturated carbocycles. The maximum absolute atomic E-state index is 8.89. The molecule has 2 heteroatoms. The Labute approximate surface area is 63.0 Å². The Kier molecular flexibility index (Phi) is 5.22. The molecule has 10 heavy (non-hydrogen) atoms. The van der Waals surface area contributed by atoms with Gasteiger partial charge in [-0.05, 0) is 19.8 Å². The number of aliphatic imine (C=N–C) groups is 1. The highest BCUT2D eigenvalue weighted by Crippen LogP contribution is 1.92. The molecular formula is C8H17NO. The first kappa shape index (κ1) is 9.63. The summed E-state index contributed by atoms with van der Waals surface area (Å²) in [5.41, 5.74) is 1.20. The minimum atomic E-state index is -0.298. The standard InChI is InChI=1S/C8H17NO/c1-4-8(5-2)9-6-7(3)10/h7,10H,4-6H2,1-3H3. The van der Waals surface area contributed by atoms with Crippen molar-refractivity contribution in [3.63, 3.8) is 0 Å². The first-order valence-electron chi connectivity index (χ1n) is 3.90. The lowest BCUT2D eigenvalue weighted by Gasteiger charge is -2.01. The Balaban J connectivity index is 3.63. The summed E-state index contributed by atoms with van der Waals surface area (Å²) >= 11 is 0. The van der Waals surface area contributed by atoms with Crippen molar-refractivity contribution in [2.45, 2.75) is 39.7 Å². The van der Waals surface area contributed by atoms with Gasteiger partial charge in [-0.2, -0.15) is 0 Å². The van der Waals surface area contributed by atoms with Gasteiger partial charge in [0.25, 0.3) is 0 Å². The molecule has 0 aliphatic heterocycles. The smallest absolute Gasteiger partial charge is 0.0707 e. The summed E-state index contributed by atoms with van der Waals surface area (Å²) in [6.45, 7) is 6.48. The van der Waals surface area contributed by atoms with Crippen molar-refractivity contribution in [3.05, 3.63) is 0 Å². The van der Waals surface area contributed by atoms with Gasteiger partial charge in [0.1, 0.15) is 0 Å². The molecule has 0 saturated heterocycles. The molecule has 1 N–H and O–H groups in total. The van der Waals surface area contributed by atoms with Crippen molar-refractivity contribution in [1.82, 2.24) is 0 Å². The van der Waals surface area contributed by atoms with E-state index in [1.54, 1.807) is 6.92 Å². The van der Waals surface area contributed by atoms with Crippen molar-refractivity contribution in [2.75, 3.05) is 6.54 Å². The van der Waals surface area contributed by atoms with Gasteiger partial charge in [0.15, 0.2) is 0 Å². The summed E-state index contributed by atoms with van der Waals surface area (Å²) < 4.78 is 0. The number of hydrogen-bond donors (Lipinski definition) is 1. The second-order valence-electron chi connectivity index (χ2n) is 2.46. The monoisotopic (exact) mass is 143 g/mol. The highest BCUT2D eigenvalue weighted by molar-refractivity contribution is 5.83. The van der Waals surface area contributed by atoms with Crippen LogP contribution < -0.4 is 0 Å². The summed E-state index contributed by atoms with van der Waals surface area (Å²) in [6.07, 6.45) is 1.71. The second-order valence-corrected chi connectivity index (χ2v) is 2.46. The van der Waals surface area contributed by atoms with Crippen LogP contribution in [0.4, 0.5) is 0 Å². The van der Waals surface area contributed by atoms with E-state index >= 15 is 0 Å². The van der Waals surface area contributed by atoms with Gasteiger partial charge in [-0.25, -0.2) is 0 Å². The van der Waals surface area contributed by atoms with E-state index in [1.807, 2.05) is 0 Å². The van der Waals surface area contributed by atoms with Crippen LogP contribution in [0.15, 0.2) is 4.99 Å². The van der Waals surface area contributed by atoms with Gasteiger partial charge in [0.05, 0.1) is 12.6 Å². The van der Waals surface area contributed by atoms with Crippen molar-refractivity contribution in [3.8, 4) is 0 Å². The highest BCUT2D eigenvalue weighted by Gasteiger charge is 1.94.